The van der Waals surface area contributed by atoms with Gasteiger partial charge in [0.05, 0.1) is 24.0 Å². The Labute approximate surface area is 117 Å². The normalized spacial score (nSPS) is 12.8. The maximum atomic E-state index is 13.9. The van der Waals surface area contributed by atoms with Gasteiger partial charge in [-0.05, 0) is 6.07 Å². The Morgan fingerprint density at radius 1 is 1.10 bits per heavy atom. The van der Waals surface area contributed by atoms with E-state index in [4.69, 9.17) is 5.84 Å². The fourth-order valence-corrected chi connectivity index (χ4v) is 2.19. The summed E-state index contributed by atoms with van der Waals surface area (Å²) in [6.45, 7) is 0. The van der Waals surface area contributed by atoms with Crippen LogP contribution in [0.1, 0.15) is 17.2 Å². The fourth-order valence-electron chi connectivity index (χ4n) is 2.19. The molecule has 0 bridgehead atoms. The second kappa shape index (κ2) is 5.15. The minimum absolute atomic E-state index is 0.116. The van der Waals surface area contributed by atoms with Gasteiger partial charge in [-0.3, -0.25) is 10.8 Å². The minimum Gasteiger partial charge on any atom is -0.271 e. The van der Waals surface area contributed by atoms with E-state index in [1.54, 1.807) is 6.20 Å². The van der Waals surface area contributed by atoms with Gasteiger partial charge in [-0.1, -0.05) is 6.07 Å². The van der Waals surface area contributed by atoms with Crippen LogP contribution >= 0.6 is 0 Å². The molecule has 2 heterocycles. The third-order valence-corrected chi connectivity index (χ3v) is 3.21. The van der Waals surface area contributed by atoms with Crippen LogP contribution in [-0.4, -0.2) is 14.6 Å². The molecule has 1 unspecified atom stereocenters. The molecule has 3 N–H and O–H groups in total. The van der Waals surface area contributed by atoms with Gasteiger partial charge in [-0.15, -0.1) is 0 Å². The summed E-state index contributed by atoms with van der Waals surface area (Å²) >= 11 is 0. The standard InChI is InChI=1S/C13H10F3N5/c14-9-2-1-7(11(15)12(9)16)13(20-17)8-5-19-21-4-3-18-6-10(8)21/h1-6,13,20H,17H2. The largest absolute Gasteiger partial charge is 0.271 e. The second-order valence-corrected chi connectivity index (χ2v) is 4.37. The zero-order chi connectivity index (χ0) is 15.0. The van der Waals surface area contributed by atoms with Crippen LogP contribution in [0.3, 0.4) is 0 Å². The zero-order valence-electron chi connectivity index (χ0n) is 10.6. The van der Waals surface area contributed by atoms with Gasteiger partial charge in [0.1, 0.15) is 0 Å². The lowest BCUT2D eigenvalue weighted by molar-refractivity contribution is 0.433. The lowest BCUT2D eigenvalue weighted by atomic mass is 10.00. The highest BCUT2D eigenvalue weighted by Gasteiger charge is 2.24. The summed E-state index contributed by atoms with van der Waals surface area (Å²) in [4.78, 5) is 3.95. The van der Waals surface area contributed by atoms with E-state index < -0.39 is 23.5 Å². The van der Waals surface area contributed by atoms with Crippen LogP contribution < -0.4 is 11.3 Å². The molecule has 0 amide bonds. The maximum Gasteiger partial charge on any atom is 0.194 e. The number of hydrogen-bond acceptors (Lipinski definition) is 4. The first-order valence-corrected chi connectivity index (χ1v) is 6.00. The van der Waals surface area contributed by atoms with Crippen molar-refractivity contribution in [2.75, 3.05) is 0 Å². The number of nitrogens with two attached hydrogens (primary N) is 1. The van der Waals surface area contributed by atoms with Crippen LogP contribution in [-0.2, 0) is 0 Å². The topological polar surface area (TPSA) is 68.2 Å². The number of halogens is 3. The van der Waals surface area contributed by atoms with Gasteiger partial charge in [0.25, 0.3) is 0 Å². The number of nitrogens with zero attached hydrogens (tertiary/aromatic N) is 3. The molecule has 5 nitrogen and oxygen atoms in total. The van der Waals surface area contributed by atoms with Crippen molar-refractivity contribution in [3.8, 4) is 0 Å². The first-order chi connectivity index (χ1) is 10.1. The number of rotatable bonds is 3. The smallest absolute Gasteiger partial charge is 0.194 e. The SMILES string of the molecule is NNC(c1ccc(F)c(F)c1F)c1cnn2ccncc12. The lowest BCUT2D eigenvalue weighted by Gasteiger charge is -2.16. The van der Waals surface area contributed by atoms with E-state index in [0.29, 0.717) is 11.1 Å². The molecule has 0 saturated carbocycles. The Hall–Kier alpha value is -2.45. The Morgan fingerprint density at radius 2 is 1.90 bits per heavy atom. The maximum absolute atomic E-state index is 13.9. The average Bonchev–Trinajstić information content (AvgIpc) is 2.92. The van der Waals surface area contributed by atoms with Gasteiger partial charge in [-0.2, -0.15) is 5.10 Å². The lowest BCUT2D eigenvalue weighted by Crippen LogP contribution is -2.29. The van der Waals surface area contributed by atoms with Crippen molar-refractivity contribution >= 4 is 5.52 Å². The quantitative estimate of drug-likeness (QED) is 0.438. The van der Waals surface area contributed by atoms with Gasteiger partial charge in [0.15, 0.2) is 17.5 Å². The molecule has 108 valence electrons. The van der Waals surface area contributed by atoms with E-state index in [1.165, 1.54) is 23.1 Å². The summed E-state index contributed by atoms with van der Waals surface area (Å²) in [5.74, 6) is 1.37. The highest BCUT2D eigenvalue weighted by Crippen LogP contribution is 2.28. The summed E-state index contributed by atoms with van der Waals surface area (Å²) in [5, 5.41) is 4.07. The van der Waals surface area contributed by atoms with Crippen molar-refractivity contribution in [3.63, 3.8) is 0 Å². The Morgan fingerprint density at radius 3 is 2.67 bits per heavy atom. The Balaban J connectivity index is 2.17. The summed E-state index contributed by atoms with van der Waals surface area (Å²) in [6, 6.07) is 1.10. The first kappa shape index (κ1) is 13.5. The number of hydrazine groups is 1. The molecular weight excluding hydrogens is 283 g/mol. The number of fused-ring (bicyclic) bond motifs is 1. The third kappa shape index (κ3) is 2.14. The highest BCUT2D eigenvalue weighted by atomic mass is 19.2. The minimum atomic E-state index is -1.54. The Kier molecular flexibility index (Phi) is 3.32. The molecule has 0 aliphatic rings. The monoisotopic (exact) mass is 293 g/mol. The molecule has 0 fully saturated rings. The summed E-state index contributed by atoms with van der Waals surface area (Å²) in [5.41, 5.74) is 3.34. The van der Waals surface area contributed by atoms with E-state index in [-0.39, 0.29) is 5.56 Å². The first-order valence-electron chi connectivity index (χ1n) is 6.00. The Bertz CT molecular complexity index is 802. The van der Waals surface area contributed by atoms with Crippen molar-refractivity contribution in [2.45, 2.75) is 6.04 Å². The number of aromatic nitrogens is 3. The summed E-state index contributed by atoms with van der Waals surface area (Å²) < 4.78 is 41.9. The average molecular weight is 293 g/mol. The molecule has 3 rings (SSSR count). The van der Waals surface area contributed by atoms with Crippen LogP contribution in [0.5, 0.6) is 0 Å². The zero-order valence-corrected chi connectivity index (χ0v) is 10.6. The van der Waals surface area contributed by atoms with Crippen LogP contribution in [0.15, 0.2) is 36.9 Å². The van der Waals surface area contributed by atoms with E-state index in [9.17, 15) is 13.2 Å². The van der Waals surface area contributed by atoms with Crippen molar-refractivity contribution in [1.29, 1.82) is 0 Å². The molecule has 1 atom stereocenters. The van der Waals surface area contributed by atoms with Crippen LogP contribution in [0.4, 0.5) is 13.2 Å². The van der Waals surface area contributed by atoms with Crippen molar-refractivity contribution in [2.24, 2.45) is 5.84 Å². The summed E-state index contributed by atoms with van der Waals surface area (Å²) in [6.07, 6.45) is 6.12. The molecule has 0 radical (unpaired) electrons. The molecule has 1 aromatic carbocycles. The van der Waals surface area contributed by atoms with Gasteiger partial charge >= 0.3 is 0 Å². The molecule has 21 heavy (non-hydrogen) atoms. The third-order valence-electron chi connectivity index (χ3n) is 3.21. The number of hydrogen-bond donors (Lipinski definition) is 2. The van der Waals surface area contributed by atoms with Gasteiger partial charge in [-0.25, -0.2) is 23.1 Å². The molecule has 3 aromatic rings. The van der Waals surface area contributed by atoms with E-state index in [0.717, 1.165) is 12.1 Å². The second-order valence-electron chi connectivity index (χ2n) is 4.37. The van der Waals surface area contributed by atoms with Crippen molar-refractivity contribution in [1.82, 2.24) is 20.0 Å². The number of benzene rings is 1. The van der Waals surface area contributed by atoms with E-state index in [1.807, 2.05) is 0 Å². The van der Waals surface area contributed by atoms with Crippen molar-refractivity contribution < 1.29 is 13.2 Å². The number of nitrogens with one attached hydrogen (secondary N) is 1. The molecule has 0 saturated heterocycles. The molecule has 2 aromatic heterocycles. The fraction of sp³-hybridized carbons (Fsp3) is 0.0769. The highest BCUT2D eigenvalue weighted by molar-refractivity contribution is 5.55. The van der Waals surface area contributed by atoms with Gasteiger partial charge < -0.3 is 0 Å². The molecular formula is C13H10F3N5. The molecule has 0 aliphatic carbocycles. The van der Waals surface area contributed by atoms with E-state index >= 15 is 0 Å². The van der Waals surface area contributed by atoms with Gasteiger partial charge in [0, 0.05) is 23.5 Å². The molecule has 0 spiro atoms. The molecule has 0 aliphatic heterocycles. The van der Waals surface area contributed by atoms with Crippen LogP contribution in [0.2, 0.25) is 0 Å². The van der Waals surface area contributed by atoms with Crippen molar-refractivity contribution in [3.05, 3.63) is 65.5 Å². The molecule has 8 heteroatoms. The van der Waals surface area contributed by atoms with Crippen LogP contribution in [0.25, 0.3) is 5.52 Å². The predicted molar refractivity (Wildman–Crippen MR) is 68.5 cm³/mol. The predicted octanol–water partition coefficient (Wildman–Crippen LogP) is 1.70. The van der Waals surface area contributed by atoms with Gasteiger partial charge in [0.2, 0.25) is 0 Å². The van der Waals surface area contributed by atoms with Crippen LogP contribution in [0, 0.1) is 17.5 Å². The summed E-state index contributed by atoms with van der Waals surface area (Å²) in [7, 11) is 0. The van der Waals surface area contributed by atoms with E-state index in [2.05, 4.69) is 15.5 Å².